The number of aromatic nitrogens is 2. The van der Waals surface area contributed by atoms with Crippen LogP contribution in [0.4, 0.5) is 0 Å². The maximum Gasteiger partial charge on any atom is 0.123 e. The number of benzene rings is 1. The van der Waals surface area contributed by atoms with Gasteiger partial charge in [0.05, 0.1) is 17.6 Å². The first-order chi connectivity index (χ1) is 10.6. The van der Waals surface area contributed by atoms with Crippen molar-refractivity contribution in [2.24, 2.45) is 7.05 Å². The minimum atomic E-state index is 0.699. The highest BCUT2D eigenvalue weighted by Crippen LogP contribution is 2.16. The monoisotopic (exact) mass is 300 g/mol. The van der Waals surface area contributed by atoms with E-state index in [4.69, 9.17) is 4.98 Å². The second kappa shape index (κ2) is 6.80. The molecule has 4 heteroatoms. The molecule has 1 aromatic carbocycles. The van der Waals surface area contributed by atoms with Gasteiger partial charge in [0.1, 0.15) is 5.82 Å². The first kappa shape index (κ1) is 15.5. The minimum Gasteiger partial charge on any atom is -0.330 e. The van der Waals surface area contributed by atoms with Gasteiger partial charge in [-0.2, -0.15) is 0 Å². The number of nitrogens with zero attached hydrogens (tertiary/aromatic N) is 4. The highest BCUT2D eigenvalue weighted by Gasteiger charge is 2.18. The van der Waals surface area contributed by atoms with Gasteiger partial charge in [-0.15, -0.1) is 0 Å². The van der Waals surface area contributed by atoms with Gasteiger partial charge in [-0.3, -0.25) is 4.90 Å². The van der Waals surface area contributed by atoms with Crippen LogP contribution in [0.5, 0.6) is 0 Å². The Kier molecular flexibility index (Phi) is 4.79. The van der Waals surface area contributed by atoms with Gasteiger partial charge < -0.3 is 9.47 Å². The highest BCUT2D eigenvalue weighted by atomic mass is 15.2. The predicted molar refractivity (Wildman–Crippen MR) is 91.9 cm³/mol. The Morgan fingerprint density at radius 2 is 1.95 bits per heavy atom. The smallest absolute Gasteiger partial charge is 0.123 e. The lowest BCUT2D eigenvalue weighted by molar-refractivity contribution is 0.213. The van der Waals surface area contributed by atoms with Gasteiger partial charge in [0, 0.05) is 13.1 Å². The second-order valence-electron chi connectivity index (χ2n) is 6.69. The SMILES string of the molecule is CC(CCN(C)Cc1nc2ccccc2n1C)N1CCCC1. The van der Waals surface area contributed by atoms with Crippen LogP contribution < -0.4 is 0 Å². The molecule has 2 heterocycles. The summed E-state index contributed by atoms with van der Waals surface area (Å²) in [6, 6.07) is 9.07. The van der Waals surface area contributed by atoms with E-state index in [1.807, 2.05) is 0 Å². The number of rotatable bonds is 6. The highest BCUT2D eigenvalue weighted by molar-refractivity contribution is 5.75. The third-order valence-corrected chi connectivity index (χ3v) is 4.98. The molecule has 0 aliphatic carbocycles. The fourth-order valence-electron chi connectivity index (χ4n) is 3.43. The Morgan fingerprint density at radius 3 is 2.68 bits per heavy atom. The van der Waals surface area contributed by atoms with Crippen molar-refractivity contribution >= 4 is 11.0 Å². The van der Waals surface area contributed by atoms with Gasteiger partial charge in [-0.1, -0.05) is 12.1 Å². The van der Waals surface area contributed by atoms with Gasteiger partial charge in [0.15, 0.2) is 0 Å². The van der Waals surface area contributed by atoms with E-state index in [9.17, 15) is 0 Å². The number of fused-ring (bicyclic) bond motifs is 1. The molecule has 0 radical (unpaired) electrons. The lowest BCUT2D eigenvalue weighted by atomic mass is 10.2. The van der Waals surface area contributed by atoms with Crippen molar-refractivity contribution in [3.63, 3.8) is 0 Å². The molecular weight excluding hydrogens is 272 g/mol. The number of hydrogen-bond donors (Lipinski definition) is 0. The molecule has 0 N–H and O–H groups in total. The zero-order valence-electron chi connectivity index (χ0n) is 14.1. The van der Waals surface area contributed by atoms with Crippen LogP contribution in [0.15, 0.2) is 24.3 Å². The van der Waals surface area contributed by atoms with E-state index in [-0.39, 0.29) is 0 Å². The van der Waals surface area contributed by atoms with E-state index < -0.39 is 0 Å². The summed E-state index contributed by atoms with van der Waals surface area (Å²) >= 11 is 0. The van der Waals surface area contributed by atoms with Gasteiger partial charge in [0.25, 0.3) is 0 Å². The zero-order valence-corrected chi connectivity index (χ0v) is 14.1. The largest absolute Gasteiger partial charge is 0.330 e. The van der Waals surface area contributed by atoms with Crippen molar-refractivity contribution in [3.8, 4) is 0 Å². The summed E-state index contributed by atoms with van der Waals surface area (Å²) in [5, 5.41) is 0. The Labute approximate surface area is 133 Å². The molecule has 22 heavy (non-hydrogen) atoms. The number of imidazole rings is 1. The maximum absolute atomic E-state index is 4.77. The van der Waals surface area contributed by atoms with E-state index in [1.165, 1.54) is 37.9 Å². The molecule has 0 bridgehead atoms. The third kappa shape index (κ3) is 3.33. The fourth-order valence-corrected chi connectivity index (χ4v) is 3.43. The van der Waals surface area contributed by atoms with Crippen LogP contribution in [0.25, 0.3) is 11.0 Å². The Bertz CT molecular complexity index is 613. The van der Waals surface area contributed by atoms with Gasteiger partial charge in [-0.05, 0) is 65.0 Å². The molecule has 0 spiro atoms. The number of hydrogen-bond acceptors (Lipinski definition) is 3. The molecule has 1 aromatic heterocycles. The summed E-state index contributed by atoms with van der Waals surface area (Å²) in [6.07, 6.45) is 3.99. The first-order valence-electron chi connectivity index (χ1n) is 8.48. The standard InChI is InChI=1S/C18H28N4/c1-15(22-11-6-7-12-22)10-13-20(2)14-18-19-16-8-4-5-9-17(16)21(18)3/h4-5,8-9,15H,6-7,10-14H2,1-3H3. The average molecular weight is 300 g/mol. The summed E-state index contributed by atoms with van der Waals surface area (Å²) in [5.41, 5.74) is 2.31. The van der Waals surface area contributed by atoms with Crippen molar-refractivity contribution in [1.82, 2.24) is 19.4 Å². The van der Waals surface area contributed by atoms with Crippen LogP contribution >= 0.6 is 0 Å². The fraction of sp³-hybridized carbons (Fsp3) is 0.611. The molecule has 0 saturated carbocycles. The Balaban J connectivity index is 1.56. The zero-order chi connectivity index (χ0) is 15.5. The van der Waals surface area contributed by atoms with Crippen LogP contribution in [0.1, 0.15) is 32.0 Å². The second-order valence-corrected chi connectivity index (χ2v) is 6.69. The molecule has 4 nitrogen and oxygen atoms in total. The van der Waals surface area contributed by atoms with Crippen LogP contribution in [0, 0.1) is 0 Å². The maximum atomic E-state index is 4.77. The van der Waals surface area contributed by atoms with Crippen LogP contribution in [-0.4, -0.2) is 52.1 Å². The van der Waals surface area contributed by atoms with Crippen LogP contribution in [0.2, 0.25) is 0 Å². The van der Waals surface area contributed by atoms with Gasteiger partial charge in [-0.25, -0.2) is 4.98 Å². The van der Waals surface area contributed by atoms with Crippen molar-refractivity contribution in [2.75, 3.05) is 26.7 Å². The van der Waals surface area contributed by atoms with E-state index in [1.54, 1.807) is 0 Å². The molecule has 2 aromatic rings. The Hall–Kier alpha value is -1.39. The lowest BCUT2D eigenvalue weighted by Crippen LogP contribution is -2.33. The van der Waals surface area contributed by atoms with E-state index in [0.717, 1.165) is 24.4 Å². The number of para-hydroxylation sites is 2. The molecule has 120 valence electrons. The molecule has 1 saturated heterocycles. The average Bonchev–Trinajstić information content (AvgIpc) is 3.15. The van der Waals surface area contributed by atoms with Gasteiger partial charge in [0.2, 0.25) is 0 Å². The normalized spacial score (nSPS) is 17.6. The lowest BCUT2D eigenvalue weighted by Gasteiger charge is -2.26. The van der Waals surface area contributed by atoms with Gasteiger partial charge >= 0.3 is 0 Å². The van der Waals surface area contributed by atoms with E-state index in [2.05, 4.69) is 59.7 Å². The quantitative estimate of drug-likeness (QED) is 0.820. The van der Waals surface area contributed by atoms with Crippen molar-refractivity contribution in [3.05, 3.63) is 30.1 Å². The van der Waals surface area contributed by atoms with Crippen LogP contribution in [0.3, 0.4) is 0 Å². The molecule has 1 atom stereocenters. The molecule has 1 fully saturated rings. The number of likely N-dealkylation sites (tertiary alicyclic amines) is 1. The first-order valence-corrected chi connectivity index (χ1v) is 8.48. The molecule has 1 unspecified atom stereocenters. The third-order valence-electron chi connectivity index (χ3n) is 4.98. The molecule has 1 aliphatic heterocycles. The summed E-state index contributed by atoms with van der Waals surface area (Å²) < 4.78 is 2.22. The molecule has 0 amide bonds. The predicted octanol–water partition coefficient (Wildman–Crippen LogP) is 2.88. The van der Waals surface area contributed by atoms with Crippen molar-refractivity contribution in [2.45, 2.75) is 38.8 Å². The summed E-state index contributed by atoms with van der Waals surface area (Å²) in [5.74, 6) is 1.15. The molecule has 3 rings (SSSR count). The Morgan fingerprint density at radius 1 is 1.23 bits per heavy atom. The molecule has 1 aliphatic rings. The summed E-state index contributed by atoms with van der Waals surface area (Å²) in [4.78, 5) is 9.79. The summed E-state index contributed by atoms with van der Waals surface area (Å²) in [7, 11) is 4.32. The minimum absolute atomic E-state index is 0.699. The molecular formula is C18H28N4. The van der Waals surface area contributed by atoms with Crippen molar-refractivity contribution in [1.29, 1.82) is 0 Å². The van der Waals surface area contributed by atoms with Crippen LogP contribution in [-0.2, 0) is 13.6 Å². The summed E-state index contributed by atoms with van der Waals surface area (Å²) in [6.45, 7) is 6.98. The topological polar surface area (TPSA) is 24.3 Å². The van der Waals surface area contributed by atoms with E-state index in [0.29, 0.717) is 6.04 Å². The van der Waals surface area contributed by atoms with Crippen molar-refractivity contribution < 1.29 is 0 Å². The van der Waals surface area contributed by atoms with E-state index >= 15 is 0 Å². The number of aryl methyl sites for hydroxylation is 1.